The third-order valence-corrected chi connectivity index (χ3v) is 12.2. The van der Waals surface area contributed by atoms with E-state index >= 15 is 0 Å². The summed E-state index contributed by atoms with van der Waals surface area (Å²) in [7, 11) is 4.47. The van der Waals surface area contributed by atoms with Crippen LogP contribution in [-0.4, -0.2) is 64.4 Å². The molecule has 284 valence electrons. The Bertz CT molecular complexity index is 2710. The zero-order valence-electron chi connectivity index (χ0n) is 29.3. The fourth-order valence-electron chi connectivity index (χ4n) is 8.10. The lowest BCUT2D eigenvalue weighted by atomic mass is 9.64. The number of aromatic hydroxyl groups is 1. The molecule has 5 aromatic rings. The van der Waals surface area contributed by atoms with E-state index in [1.165, 1.54) is 49.1 Å². The highest BCUT2D eigenvalue weighted by Gasteiger charge is 2.76. The van der Waals surface area contributed by atoms with Crippen molar-refractivity contribution in [2.45, 2.75) is 47.6 Å². The predicted molar refractivity (Wildman–Crippen MR) is 195 cm³/mol. The fraction of sp³-hybridized carbons (Fsp3) is 0.297. The molecule has 1 aliphatic carbocycles. The van der Waals surface area contributed by atoms with Crippen molar-refractivity contribution in [2.24, 2.45) is 7.05 Å². The van der Waals surface area contributed by atoms with E-state index in [1.54, 1.807) is 19.2 Å². The molecule has 1 saturated carbocycles. The van der Waals surface area contributed by atoms with E-state index in [0.29, 0.717) is 27.4 Å². The van der Waals surface area contributed by atoms with Gasteiger partial charge in [-0.3, -0.25) is 14.4 Å². The molecule has 4 atom stereocenters. The maximum absolute atomic E-state index is 15.0. The lowest BCUT2D eigenvalue weighted by Crippen LogP contribution is -2.59. The van der Waals surface area contributed by atoms with E-state index in [4.69, 9.17) is 32.7 Å². The van der Waals surface area contributed by atoms with Crippen molar-refractivity contribution in [3.8, 4) is 17.2 Å². The van der Waals surface area contributed by atoms with Gasteiger partial charge in [-0.25, -0.2) is 42.2 Å². The molecule has 1 saturated heterocycles. The van der Waals surface area contributed by atoms with E-state index in [1.807, 2.05) is 0 Å². The first-order valence-electron chi connectivity index (χ1n) is 16.9. The van der Waals surface area contributed by atoms with E-state index in [-0.39, 0.29) is 42.0 Å². The third-order valence-electron chi connectivity index (χ3n) is 10.8. The topological polar surface area (TPSA) is 160 Å². The summed E-state index contributed by atoms with van der Waals surface area (Å²) in [6.07, 6.45) is 0.914. The van der Waals surface area contributed by atoms with Crippen LogP contribution in [0.3, 0.4) is 0 Å². The summed E-state index contributed by atoms with van der Waals surface area (Å²) in [6.45, 7) is -0.494. The van der Waals surface area contributed by atoms with Crippen molar-refractivity contribution in [1.82, 2.24) is 23.5 Å². The number of fused-ring (bicyclic) bond motifs is 5. The van der Waals surface area contributed by atoms with Crippen molar-refractivity contribution >= 4 is 51.7 Å². The highest BCUT2D eigenvalue weighted by Crippen LogP contribution is 2.64. The molecule has 2 aromatic heterocycles. The molecule has 2 aliphatic heterocycles. The van der Waals surface area contributed by atoms with Crippen LogP contribution in [0.15, 0.2) is 80.6 Å². The molecule has 55 heavy (non-hydrogen) atoms. The van der Waals surface area contributed by atoms with Gasteiger partial charge >= 0.3 is 11.4 Å². The number of nitrogens with zero attached hydrogens (tertiary/aromatic N) is 6. The number of hydrogen-bond donors (Lipinski definition) is 1. The minimum atomic E-state index is -2.39. The van der Waals surface area contributed by atoms with Crippen LogP contribution in [0.4, 0.5) is 14.5 Å². The Morgan fingerprint density at radius 1 is 0.945 bits per heavy atom. The summed E-state index contributed by atoms with van der Waals surface area (Å²) < 4.78 is 44.1. The number of phenolic OH excluding ortho intramolecular Hbond substituents is 1. The Morgan fingerprint density at radius 3 is 2.33 bits per heavy atom. The average Bonchev–Trinajstić information content (AvgIpc) is 3.50. The van der Waals surface area contributed by atoms with Gasteiger partial charge in [0, 0.05) is 50.0 Å². The number of hydrogen-bond acceptors (Lipinski definition) is 9. The van der Waals surface area contributed by atoms with Crippen molar-refractivity contribution in [3.63, 3.8) is 0 Å². The zero-order chi connectivity index (χ0) is 39.3. The normalized spacial score (nSPS) is 23.0. The van der Waals surface area contributed by atoms with Gasteiger partial charge in [0.1, 0.15) is 11.5 Å². The number of amides is 2. The van der Waals surface area contributed by atoms with Crippen molar-refractivity contribution in [1.29, 1.82) is 0 Å². The number of phenols is 1. The van der Waals surface area contributed by atoms with Crippen LogP contribution in [0.5, 0.6) is 17.2 Å². The molecule has 3 aliphatic rings. The average molecular weight is 796 g/mol. The van der Waals surface area contributed by atoms with Crippen molar-refractivity contribution < 1.29 is 33.0 Å². The van der Waals surface area contributed by atoms with Gasteiger partial charge < -0.3 is 19.1 Å². The second-order valence-electron chi connectivity index (χ2n) is 13.5. The Hall–Kier alpha value is -5.74. The van der Waals surface area contributed by atoms with Gasteiger partial charge in [0.25, 0.3) is 17.4 Å². The van der Waals surface area contributed by atoms with Gasteiger partial charge in [-0.15, -0.1) is 23.2 Å². The number of allylic oxidation sites excluding steroid dienone is 2. The van der Waals surface area contributed by atoms with Gasteiger partial charge in [-0.05, 0) is 35.9 Å². The smallest absolute Gasteiger partial charge is 0.347 e. The van der Waals surface area contributed by atoms with Gasteiger partial charge in [0.05, 0.1) is 43.5 Å². The van der Waals surface area contributed by atoms with Crippen LogP contribution in [0.25, 0.3) is 11.0 Å². The summed E-state index contributed by atoms with van der Waals surface area (Å²) in [4.78, 5) is 70.8. The van der Waals surface area contributed by atoms with Gasteiger partial charge in [0.15, 0.2) is 32.8 Å². The molecule has 2 fully saturated rings. The molecule has 0 spiro atoms. The summed E-state index contributed by atoms with van der Waals surface area (Å²) in [5.74, 6) is -5.29. The van der Waals surface area contributed by atoms with Crippen molar-refractivity contribution in [3.05, 3.63) is 120 Å². The molecular weight excluding hydrogens is 765 g/mol. The molecule has 2 amide bonds. The first-order valence-corrected chi connectivity index (χ1v) is 17.7. The Kier molecular flexibility index (Phi) is 8.35. The summed E-state index contributed by atoms with van der Waals surface area (Å²) in [5, 5.41) is 11.0. The summed E-state index contributed by atoms with van der Waals surface area (Å²) in [5.41, 5.74) is -1.13. The first kappa shape index (κ1) is 36.2. The number of anilines is 1. The minimum Gasteiger partial charge on any atom is -0.505 e. The second kappa shape index (κ2) is 12.7. The molecule has 18 heteroatoms. The van der Waals surface area contributed by atoms with Crippen LogP contribution in [0.1, 0.15) is 29.6 Å². The molecule has 1 N–H and O–H groups in total. The number of para-hydroxylation sites is 1. The van der Waals surface area contributed by atoms with E-state index < -0.39 is 74.3 Å². The van der Waals surface area contributed by atoms with Crippen LogP contribution < -0.4 is 31.3 Å². The van der Waals surface area contributed by atoms with Gasteiger partial charge in [-0.1, -0.05) is 18.2 Å². The molecular formula is C37H30Cl2F2N6O8. The maximum atomic E-state index is 15.0. The quantitative estimate of drug-likeness (QED) is 0.148. The molecule has 4 heterocycles. The number of ether oxygens (including phenoxy) is 2. The maximum Gasteiger partial charge on any atom is 0.347 e. The lowest BCUT2D eigenvalue weighted by molar-refractivity contribution is -0.122. The number of aromatic nitrogens is 5. The molecule has 0 bridgehead atoms. The molecule has 0 unspecified atom stereocenters. The van der Waals surface area contributed by atoms with E-state index in [9.17, 15) is 37.9 Å². The Balaban J connectivity index is 1.23. The van der Waals surface area contributed by atoms with Crippen molar-refractivity contribution in [2.75, 3.05) is 19.1 Å². The van der Waals surface area contributed by atoms with Crippen LogP contribution >= 0.6 is 23.2 Å². The predicted octanol–water partition coefficient (Wildman–Crippen LogP) is 3.50. The van der Waals surface area contributed by atoms with E-state index in [0.717, 1.165) is 32.1 Å². The Morgan fingerprint density at radius 2 is 1.64 bits per heavy atom. The molecule has 14 nitrogen and oxygen atoms in total. The number of methoxy groups -OCH3 is 2. The molecule has 8 rings (SSSR count). The van der Waals surface area contributed by atoms with Gasteiger partial charge in [-0.2, -0.15) is 0 Å². The number of carbonyl (C=O) groups excluding carboxylic acids is 2. The summed E-state index contributed by atoms with van der Waals surface area (Å²) in [6, 6.07) is 10.1. The number of carbonyl (C=O) groups is 2. The molecule has 0 radical (unpaired) electrons. The highest BCUT2D eigenvalue weighted by atomic mass is 35.5. The second-order valence-corrected chi connectivity index (χ2v) is 14.7. The standard InChI is InChI=1S/C37H30Cl2F2N6O8/c1-43-25-16-28(55-3)27(54-2)15-24(25)42-23(31(43)49)12-13-44-34(52)45-14-11-20-26(47(45)35(44)53)17-36(38)32(50)46(19-9-7-18(40)8-10-19)33(51)37(36,39)29(20)21-5-4-6-22(41)30(21)48/h4-11,15-16,26,29,48H,12-14,17H2,1-3H3/t26-,29-,36-,37+/m1/s1. The van der Waals surface area contributed by atoms with Crippen LogP contribution in [0.2, 0.25) is 0 Å². The number of halogens is 4. The zero-order valence-corrected chi connectivity index (χ0v) is 30.8. The first-order chi connectivity index (χ1) is 26.2. The Labute approximate surface area is 318 Å². The third kappa shape index (κ3) is 4.96. The van der Waals surface area contributed by atoms with Crippen LogP contribution in [0, 0.1) is 11.6 Å². The largest absolute Gasteiger partial charge is 0.505 e. The fourth-order valence-corrected chi connectivity index (χ4v) is 9.01. The lowest BCUT2D eigenvalue weighted by Gasteiger charge is -2.49. The van der Waals surface area contributed by atoms with Gasteiger partial charge in [0.2, 0.25) is 0 Å². The number of rotatable bonds is 7. The van der Waals surface area contributed by atoms with E-state index in [2.05, 4.69) is 4.98 Å². The summed E-state index contributed by atoms with van der Waals surface area (Å²) >= 11 is 14.5. The number of alkyl halides is 2. The molecule has 3 aromatic carbocycles. The SMILES string of the molecule is COc1cc2nc(CCn3c(=O)n4n(c3=O)[C@@H]3C[C@@]5(Cl)C(=O)N(c6ccc(F)cc6)C(=O)[C@@]5(Cl)[C@@H](c5cccc(F)c5O)C3=CC4)c(=O)n(C)c2cc1OC. The van der Waals surface area contributed by atoms with Crippen LogP contribution in [-0.2, 0) is 36.1 Å². The number of imide groups is 1. The number of aryl methyl sites for hydroxylation is 2. The highest BCUT2D eigenvalue weighted by molar-refractivity contribution is 6.58. The monoisotopic (exact) mass is 794 g/mol. The number of benzene rings is 3. The minimum absolute atomic E-state index is 0.0451.